The van der Waals surface area contributed by atoms with Crippen LogP contribution in [0.4, 0.5) is 0 Å². The maximum absolute atomic E-state index is 11.4. The van der Waals surface area contributed by atoms with Crippen LogP contribution in [-0.4, -0.2) is 21.0 Å². The first-order chi connectivity index (χ1) is 9.74. The third-order valence-electron chi connectivity index (χ3n) is 2.72. The van der Waals surface area contributed by atoms with Gasteiger partial charge in [0.25, 0.3) is 0 Å². The van der Waals surface area contributed by atoms with Crippen molar-refractivity contribution in [2.45, 2.75) is 6.42 Å². The molecular formula is C14H10N2O2S2. The minimum absolute atomic E-state index is 0.303. The van der Waals surface area contributed by atoms with Crippen LogP contribution < -0.4 is 0 Å². The van der Waals surface area contributed by atoms with Gasteiger partial charge in [0, 0.05) is 29.3 Å². The molecule has 3 aromatic heterocycles. The van der Waals surface area contributed by atoms with E-state index in [-0.39, 0.29) is 0 Å². The Balaban J connectivity index is 2.01. The Kier molecular flexibility index (Phi) is 3.58. The first-order valence-corrected chi connectivity index (χ1v) is 7.59. The second kappa shape index (κ2) is 5.52. The van der Waals surface area contributed by atoms with Gasteiger partial charge in [0.1, 0.15) is 9.88 Å². The zero-order valence-corrected chi connectivity index (χ0v) is 11.9. The van der Waals surface area contributed by atoms with E-state index in [1.807, 2.05) is 29.6 Å². The minimum atomic E-state index is -0.927. The summed E-state index contributed by atoms with van der Waals surface area (Å²) < 4.78 is 0. The lowest BCUT2D eigenvalue weighted by atomic mass is 10.2. The van der Waals surface area contributed by atoms with Gasteiger partial charge in [0.05, 0.1) is 5.69 Å². The zero-order chi connectivity index (χ0) is 13.9. The maximum Gasteiger partial charge on any atom is 0.347 e. The number of hydrogen-bond acceptors (Lipinski definition) is 5. The fourth-order valence-corrected chi connectivity index (χ4v) is 3.45. The Labute approximate surface area is 123 Å². The number of pyridine rings is 1. The number of thiazole rings is 1. The van der Waals surface area contributed by atoms with Crippen LogP contribution in [0.1, 0.15) is 20.2 Å². The van der Waals surface area contributed by atoms with Crippen LogP contribution in [0.25, 0.3) is 10.6 Å². The molecule has 0 unspecified atom stereocenters. The predicted molar refractivity (Wildman–Crippen MR) is 79.4 cm³/mol. The molecule has 0 saturated carbocycles. The highest BCUT2D eigenvalue weighted by molar-refractivity contribution is 7.17. The van der Waals surface area contributed by atoms with Crippen molar-refractivity contribution < 1.29 is 9.90 Å². The van der Waals surface area contributed by atoms with Crippen LogP contribution in [-0.2, 0) is 6.42 Å². The zero-order valence-electron chi connectivity index (χ0n) is 10.3. The number of aromatic nitrogens is 2. The predicted octanol–water partition coefficient (Wildman–Crippen LogP) is 3.56. The van der Waals surface area contributed by atoms with Gasteiger partial charge in [-0.15, -0.1) is 22.7 Å². The van der Waals surface area contributed by atoms with Crippen molar-refractivity contribution in [2.75, 3.05) is 0 Å². The SMILES string of the molecule is O=C(O)c1sc(-c2cccnc2)nc1Cc1cccs1. The van der Waals surface area contributed by atoms with Gasteiger partial charge in [-0.25, -0.2) is 9.78 Å². The Morgan fingerprint density at radius 3 is 2.85 bits per heavy atom. The lowest BCUT2D eigenvalue weighted by molar-refractivity contribution is 0.0701. The molecule has 0 atom stereocenters. The molecule has 0 radical (unpaired) electrons. The number of carbonyl (C=O) groups is 1. The quantitative estimate of drug-likeness (QED) is 0.800. The Morgan fingerprint density at radius 2 is 2.20 bits per heavy atom. The van der Waals surface area contributed by atoms with E-state index < -0.39 is 5.97 Å². The fourth-order valence-electron chi connectivity index (χ4n) is 1.83. The number of carboxylic acid groups (broad SMARTS) is 1. The normalized spacial score (nSPS) is 10.6. The van der Waals surface area contributed by atoms with Crippen LogP contribution in [0.2, 0.25) is 0 Å². The van der Waals surface area contributed by atoms with E-state index in [2.05, 4.69) is 9.97 Å². The number of nitrogens with zero attached hydrogens (tertiary/aromatic N) is 2. The van der Waals surface area contributed by atoms with E-state index in [0.29, 0.717) is 22.0 Å². The van der Waals surface area contributed by atoms with Crippen molar-refractivity contribution in [3.05, 3.63) is 57.5 Å². The molecule has 0 aromatic carbocycles. The molecule has 20 heavy (non-hydrogen) atoms. The lowest BCUT2D eigenvalue weighted by Crippen LogP contribution is -1.98. The van der Waals surface area contributed by atoms with Crippen molar-refractivity contribution in [1.29, 1.82) is 0 Å². The molecule has 3 rings (SSSR count). The first kappa shape index (κ1) is 13.0. The highest BCUT2D eigenvalue weighted by atomic mass is 32.1. The molecule has 0 fully saturated rings. The summed E-state index contributed by atoms with van der Waals surface area (Å²) >= 11 is 2.80. The molecule has 0 aliphatic carbocycles. The van der Waals surface area contributed by atoms with Crippen LogP contribution in [0, 0.1) is 0 Å². The molecule has 0 aliphatic heterocycles. The molecule has 6 heteroatoms. The van der Waals surface area contributed by atoms with E-state index >= 15 is 0 Å². The minimum Gasteiger partial charge on any atom is -0.477 e. The van der Waals surface area contributed by atoms with Crippen LogP contribution in [0.5, 0.6) is 0 Å². The number of hydrogen-bond donors (Lipinski definition) is 1. The van der Waals surface area contributed by atoms with E-state index in [0.717, 1.165) is 10.4 Å². The molecule has 0 bridgehead atoms. The van der Waals surface area contributed by atoms with Gasteiger partial charge in [-0.2, -0.15) is 0 Å². The summed E-state index contributed by atoms with van der Waals surface area (Å²) in [6.45, 7) is 0. The Hall–Kier alpha value is -2.05. The molecule has 0 spiro atoms. The average molecular weight is 302 g/mol. The maximum atomic E-state index is 11.4. The standard InChI is InChI=1S/C14H10N2O2S2/c17-14(18)12-11(7-10-4-2-6-19-10)16-13(20-12)9-3-1-5-15-8-9/h1-6,8H,7H2,(H,17,18). The van der Waals surface area contributed by atoms with Gasteiger partial charge >= 0.3 is 5.97 Å². The lowest BCUT2D eigenvalue weighted by Gasteiger charge is -1.95. The van der Waals surface area contributed by atoms with E-state index in [9.17, 15) is 9.90 Å². The van der Waals surface area contributed by atoms with Gasteiger partial charge in [-0.05, 0) is 23.6 Å². The van der Waals surface area contributed by atoms with Gasteiger partial charge < -0.3 is 5.11 Å². The summed E-state index contributed by atoms with van der Waals surface area (Å²) in [6, 6.07) is 7.64. The third kappa shape index (κ3) is 2.61. The number of aromatic carboxylic acids is 1. The summed E-state index contributed by atoms with van der Waals surface area (Å²) in [6.07, 6.45) is 3.93. The van der Waals surface area contributed by atoms with Crippen molar-refractivity contribution in [3.63, 3.8) is 0 Å². The van der Waals surface area contributed by atoms with Crippen molar-refractivity contribution in [3.8, 4) is 10.6 Å². The third-order valence-corrected chi connectivity index (χ3v) is 4.73. The van der Waals surface area contributed by atoms with Crippen molar-refractivity contribution >= 4 is 28.6 Å². The van der Waals surface area contributed by atoms with Gasteiger partial charge in [-0.3, -0.25) is 4.98 Å². The highest BCUT2D eigenvalue weighted by Crippen LogP contribution is 2.29. The molecular weight excluding hydrogens is 292 g/mol. The average Bonchev–Trinajstić information content (AvgIpc) is 3.10. The monoisotopic (exact) mass is 302 g/mol. The molecule has 3 heterocycles. The van der Waals surface area contributed by atoms with Gasteiger partial charge in [0.15, 0.2) is 0 Å². The molecule has 1 N–H and O–H groups in total. The van der Waals surface area contributed by atoms with Crippen molar-refractivity contribution in [1.82, 2.24) is 9.97 Å². The summed E-state index contributed by atoms with van der Waals surface area (Å²) in [5.41, 5.74) is 1.46. The summed E-state index contributed by atoms with van der Waals surface area (Å²) in [4.78, 5) is 21.3. The topological polar surface area (TPSA) is 63.1 Å². The molecule has 4 nitrogen and oxygen atoms in total. The molecule has 100 valence electrons. The molecule has 0 saturated heterocycles. The van der Waals surface area contributed by atoms with Crippen molar-refractivity contribution in [2.24, 2.45) is 0 Å². The Morgan fingerprint density at radius 1 is 1.30 bits per heavy atom. The van der Waals surface area contributed by atoms with Gasteiger partial charge in [0.2, 0.25) is 0 Å². The second-order valence-electron chi connectivity index (χ2n) is 4.10. The second-order valence-corrected chi connectivity index (χ2v) is 6.13. The van der Waals surface area contributed by atoms with E-state index in [1.54, 1.807) is 23.7 Å². The van der Waals surface area contributed by atoms with Crippen LogP contribution >= 0.6 is 22.7 Å². The number of carboxylic acids is 1. The first-order valence-electron chi connectivity index (χ1n) is 5.90. The van der Waals surface area contributed by atoms with E-state index in [4.69, 9.17) is 0 Å². The smallest absolute Gasteiger partial charge is 0.347 e. The number of rotatable bonds is 4. The molecule has 3 aromatic rings. The largest absolute Gasteiger partial charge is 0.477 e. The molecule has 0 amide bonds. The van der Waals surface area contributed by atoms with Gasteiger partial charge in [-0.1, -0.05) is 6.07 Å². The number of thiophene rings is 1. The van der Waals surface area contributed by atoms with Crippen LogP contribution in [0.3, 0.4) is 0 Å². The van der Waals surface area contributed by atoms with E-state index in [1.165, 1.54) is 11.3 Å². The summed E-state index contributed by atoms with van der Waals surface area (Å²) in [5.74, 6) is -0.927. The summed E-state index contributed by atoms with van der Waals surface area (Å²) in [5, 5.41) is 12.0. The fraction of sp³-hybridized carbons (Fsp3) is 0.0714. The Bertz CT molecular complexity index is 721. The highest BCUT2D eigenvalue weighted by Gasteiger charge is 2.18. The van der Waals surface area contributed by atoms with Crippen LogP contribution in [0.15, 0.2) is 42.0 Å². The summed E-state index contributed by atoms with van der Waals surface area (Å²) in [7, 11) is 0. The molecule has 0 aliphatic rings.